The number of hydrogen-bond acceptors (Lipinski definition) is 6. The Morgan fingerprint density at radius 1 is 1.33 bits per heavy atom. The fourth-order valence-corrected chi connectivity index (χ4v) is 4.27. The highest BCUT2D eigenvalue weighted by Crippen LogP contribution is 2.34. The standard InChI is InChI=1S/C22H28N5O2S/c1-30(2)10-9-28-15-27-19-13-26-17(12-23)11-18(19)21-20(6-8-25-22(21)27)29-14-16-5-3-4-7-24-16/h6,8,11,13,16,24H,3-5,7,9-10,14-15H2,1-2H3/q+1. The SMILES string of the molecule is C[S+](C)CCOCn1c2cnc(C#N)cc2c2c(OCC3CCCCN3)ccnc21. The van der Waals surface area contributed by atoms with Crippen molar-refractivity contribution in [3.8, 4) is 11.8 Å². The van der Waals surface area contributed by atoms with Gasteiger partial charge in [0.25, 0.3) is 0 Å². The summed E-state index contributed by atoms with van der Waals surface area (Å²) in [5.74, 6) is 1.82. The van der Waals surface area contributed by atoms with E-state index < -0.39 is 0 Å². The average molecular weight is 427 g/mol. The van der Waals surface area contributed by atoms with Crippen LogP contribution in [0.2, 0.25) is 0 Å². The Bertz CT molecular complexity index is 1050. The number of pyridine rings is 2. The summed E-state index contributed by atoms with van der Waals surface area (Å²) in [4.78, 5) is 8.89. The molecule has 0 radical (unpaired) electrons. The molecule has 8 heteroatoms. The zero-order valence-corrected chi connectivity index (χ0v) is 18.4. The maximum atomic E-state index is 9.35. The van der Waals surface area contributed by atoms with E-state index in [1.54, 1.807) is 12.4 Å². The molecule has 4 heterocycles. The van der Waals surface area contributed by atoms with Gasteiger partial charge in [0.15, 0.2) is 0 Å². The van der Waals surface area contributed by atoms with Crippen molar-refractivity contribution in [1.82, 2.24) is 19.9 Å². The molecule has 1 fully saturated rings. The van der Waals surface area contributed by atoms with Gasteiger partial charge in [0.2, 0.25) is 0 Å². The zero-order chi connectivity index (χ0) is 20.9. The molecular weight excluding hydrogens is 398 g/mol. The summed E-state index contributed by atoms with van der Waals surface area (Å²) in [5, 5.41) is 14.7. The van der Waals surface area contributed by atoms with Crippen molar-refractivity contribution in [2.24, 2.45) is 0 Å². The van der Waals surface area contributed by atoms with E-state index >= 15 is 0 Å². The number of ether oxygens (including phenoxy) is 2. The van der Waals surface area contributed by atoms with E-state index in [0.717, 1.165) is 46.4 Å². The number of piperidine rings is 1. The van der Waals surface area contributed by atoms with Crippen molar-refractivity contribution in [3.05, 3.63) is 30.2 Å². The Hall–Kier alpha value is -2.34. The molecule has 3 aromatic heterocycles. The summed E-state index contributed by atoms with van der Waals surface area (Å²) in [7, 11) is 0.344. The smallest absolute Gasteiger partial charge is 0.146 e. The minimum atomic E-state index is 0.344. The quantitative estimate of drug-likeness (QED) is 0.440. The van der Waals surface area contributed by atoms with Gasteiger partial charge in [0.05, 0.1) is 36.2 Å². The lowest BCUT2D eigenvalue weighted by Crippen LogP contribution is -2.38. The molecule has 30 heavy (non-hydrogen) atoms. The van der Waals surface area contributed by atoms with Gasteiger partial charge >= 0.3 is 0 Å². The maximum absolute atomic E-state index is 9.35. The van der Waals surface area contributed by atoms with Crippen LogP contribution in [0.1, 0.15) is 25.0 Å². The Labute approximate surface area is 179 Å². The Morgan fingerprint density at radius 3 is 3.00 bits per heavy atom. The highest BCUT2D eigenvalue weighted by atomic mass is 32.2. The van der Waals surface area contributed by atoms with Crippen LogP contribution in [-0.2, 0) is 22.4 Å². The molecule has 7 nitrogen and oxygen atoms in total. The minimum Gasteiger partial charge on any atom is -0.491 e. The van der Waals surface area contributed by atoms with E-state index in [9.17, 15) is 5.26 Å². The number of rotatable bonds is 8. The number of fused-ring (bicyclic) bond motifs is 3. The molecule has 1 N–H and O–H groups in total. The topological polar surface area (TPSA) is 85.0 Å². The molecule has 0 spiro atoms. The van der Waals surface area contributed by atoms with Crippen LogP contribution < -0.4 is 10.1 Å². The number of aromatic nitrogens is 3. The van der Waals surface area contributed by atoms with Gasteiger partial charge in [-0.1, -0.05) is 6.42 Å². The molecule has 1 atom stereocenters. The molecule has 0 bridgehead atoms. The lowest BCUT2D eigenvalue weighted by molar-refractivity contribution is 0.0951. The first-order chi connectivity index (χ1) is 14.7. The van der Waals surface area contributed by atoms with E-state index in [2.05, 4.69) is 33.9 Å². The normalized spacial score (nSPS) is 16.9. The fourth-order valence-electron chi connectivity index (χ4n) is 3.82. The van der Waals surface area contributed by atoms with E-state index in [0.29, 0.717) is 42.6 Å². The number of hydrogen-bond donors (Lipinski definition) is 1. The fraction of sp³-hybridized carbons (Fsp3) is 0.500. The third kappa shape index (κ3) is 4.53. The van der Waals surface area contributed by atoms with Crippen molar-refractivity contribution >= 4 is 32.8 Å². The minimum absolute atomic E-state index is 0.344. The van der Waals surface area contributed by atoms with Crippen LogP contribution in [-0.4, -0.2) is 58.6 Å². The molecule has 158 valence electrons. The second-order valence-corrected chi connectivity index (χ2v) is 10.2. The van der Waals surface area contributed by atoms with Crippen LogP contribution in [0.5, 0.6) is 5.75 Å². The summed E-state index contributed by atoms with van der Waals surface area (Å²) in [6.45, 7) is 2.76. The molecular formula is C22H28N5O2S+. The first-order valence-corrected chi connectivity index (χ1v) is 12.5. The van der Waals surface area contributed by atoms with E-state index in [-0.39, 0.29) is 0 Å². The Morgan fingerprint density at radius 2 is 2.23 bits per heavy atom. The molecule has 0 saturated carbocycles. The third-order valence-electron chi connectivity index (χ3n) is 5.41. The van der Waals surface area contributed by atoms with Crippen molar-refractivity contribution in [3.63, 3.8) is 0 Å². The summed E-state index contributed by atoms with van der Waals surface area (Å²) in [5.41, 5.74) is 2.07. The molecule has 1 unspecified atom stereocenters. The first-order valence-electron chi connectivity index (χ1n) is 10.3. The summed E-state index contributed by atoms with van der Waals surface area (Å²) in [6.07, 6.45) is 11.5. The Balaban J connectivity index is 1.68. The van der Waals surface area contributed by atoms with Gasteiger partial charge in [-0.15, -0.1) is 0 Å². The first kappa shape index (κ1) is 20.9. The van der Waals surface area contributed by atoms with Gasteiger partial charge < -0.3 is 14.8 Å². The van der Waals surface area contributed by atoms with Gasteiger partial charge in [0.1, 0.15) is 42.3 Å². The van der Waals surface area contributed by atoms with Crippen molar-refractivity contribution in [2.75, 3.05) is 38.0 Å². The number of nitrogens with zero attached hydrogens (tertiary/aromatic N) is 4. The lowest BCUT2D eigenvalue weighted by Gasteiger charge is -2.23. The zero-order valence-electron chi connectivity index (χ0n) is 17.6. The van der Waals surface area contributed by atoms with Crippen molar-refractivity contribution in [1.29, 1.82) is 5.26 Å². The van der Waals surface area contributed by atoms with Crippen LogP contribution in [0.25, 0.3) is 21.9 Å². The van der Waals surface area contributed by atoms with Crippen LogP contribution in [0, 0.1) is 11.3 Å². The van der Waals surface area contributed by atoms with Crippen LogP contribution in [0.4, 0.5) is 0 Å². The molecule has 1 saturated heterocycles. The predicted octanol–water partition coefficient (Wildman–Crippen LogP) is 2.83. The number of nitriles is 1. The van der Waals surface area contributed by atoms with Crippen LogP contribution in [0.15, 0.2) is 24.5 Å². The highest BCUT2D eigenvalue weighted by Gasteiger charge is 2.19. The van der Waals surface area contributed by atoms with Gasteiger partial charge in [-0.25, -0.2) is 9.97 Å². The molecule has 1 aliphatic rings. The number of nitrogens with one attached hydrogen (secondary N) is 1. The summed E-state index contributed by atoms with van der Waals surface area (Å²) in [6, 6.07) is 6.23. The van der Waals surface area contributed by atoms with Crippen molar-refractivity contribution < 1.29 is 9.47 Å². The summed E-state index contributed by atoms with van der Waals surface area (Å²) < 4.78 is 14.2. The average Bonchev–Trinajstić information content (AvgIpc) is 3.09. The van der Waals surface area contributed by atoms with Gasteiger partial charge in [-0.05, 0) is 42.4 Å². The van der Waals surface area contributed by atoms with E-state index in [1.165, 1.54) is 12.8 Å². The monoisotopic (exact) mass is 426 g/mol. The second kappa shape index (κ2) is 9.65. The lowest BCUT2D eigenvalue weighted by atomic mass is 10.1. The Kier molecular flexibility index (Phi) is 6.72. The highest BCUT2D eigenvalue weighted by molar-refractivity contribution is 7.95. The summed E-state index contributed by atoms with van der Waals surface area (Å²) >= 11 is 0. The third-order valence-corrected chi connectivity index (χ3v) is 6.40. The molecule has 0 aliphatic carbocycles. The predicted molar refractivity (Wildman–Crippen MR) is 121 cm³/mol. The molecule has 4 rings (SSSR count). The maximum Gasteiger partial charge on any atom is 0.146 e. The molecule has 0 amide bonds. The molecule has 3 aromatic rings. The van der Waals surface area contributed by atoms with Gasteiger partial charge in [0, 0.05) is 17.6 Å². The van der Waals surface area contributed by atoms with Crippen LogP contribution in [0.3, 0.4) is 0 Å². The molecule has 1 aliphatic heterocycles. The second-order valence-electron chi connectivity index (χ2n) is 7.82. The van der Waals surface area contributed by atoms with Crippen molar-refractivity contribution in [2.45, 2.75) is 32.0 Å². The largest absolute Gasteiger partial charge is 0.491 e. The molecule has 0 aromatic carbocycles. The van der Waals surface area contributed by atoms with Crippen LogP contribution >= 0.6 is 0 Å². The van der Waals surface area contributed by atoms with E-state index in [4.69, 9.17) is 9.47 Å². The van der Waals surface area contributed by atoms with E-state index in [1.807, 2.05) is 16.7 Å². The van der Waals surface area contributed by atoms with Gasteiger partial charge in [-0.2, -0.15) is 5.26 Å². The van der Waals surface area contributed by atoms with Gasteiger partial charge in [-0.3, -0.25) is 4.57 Å².